The normalized spacial score (nSPS) is 20.4. The minimum Gasteiger partial charge on any atom is -0.386 e. The highest BCUT2D eigenvalue weighted by Gasteiger charge is 2.17. The molecule has 1 atom stereocenters. The third-order valence-corrected chi connectivity index (χ3v) is 2.78. The molecule has 1 aliphatic rings. The Morgan fingerprint density at radius 2 is 2.29 bits per heavy atom. The fourth-order valence-corrected chi connectivity index (χ4v) is 1.95. The van der Waals surface area contributed by atoms with Gasteiger partial charge >= 0.3 is 0 Å². The molecule has 2 nitrogen and oxygen atoms in total. The van der Waals surface area contributed by atoms with Gasteiger partial charge in [-0.2, -0.15) is 0 Å². The maximum atomic E-state index is 5.96. The van der Waals surface area contributed by atoms with Crippen molar-refractivity contribution >= 4 is 11.6 Å². The highest BCUT2D eigenvalue weighted by Crippen LogP contribution is 2.26. The van der Waals surface area contributed by atoms with Crippen molar-refractivity contribution in [3.8, 4) is 0 Å². The summed E-state index contributed by atoms with van der Waals surface area (Å²) in [5.74, 6) is 1.11. The highest BCUT2D eigenvalue weighted by molar-refractivity contribution is 6.30. The highest BCUT2D eigenvalue weighted by atomic mass is 35.5. The van der Waals surface area contributed by atoms with Gasteiger partial charge < -0.3 is 11.1 Å². The molecule has 1 aromatic rings. The summed E-state index contributed by atoms with van der Waals surface area (Å²) in [6.45, 7) is 2.96. The number of nitrogens with one attached hydrogen (secondary N) is 1. The summed E-state index contributed by atoms with van der Waals surface area (Å²) in [5, 5.41) is 3.89. The van der Waals surface area contributed by atoms with Gasteiger partial charge in [-0.1, -0.05) is 17.7 Å². The summed E-state index contributed by atoms with van der Waals surface area (Å²) in [6, 6.07) is 5.97. The number of nitrogens with two attached hydrogens (primary N) is 1. The van der Waals surface area contributed by atoms with Crippen molar-refractivity contribution in [3.05, 3.63) is 46.2 Å². The molecule has 0 saturated carbocycles. The third-order valence-electron chi connectivity index (χ3n) is 2.55. The lowest BCUT2D eigenvalue weighted by Gasteiger charge is -2.11. The van der Waals surface area contributed by atoms with Gasteiger partial charge in [0.05, 0.1) is 5.82 Å². The lowest BCUT2D eigenvalue weighted by molar-refractivity contribution is 0.787. The molecule has 0 fully saturated rings. The Balaban J connectivity index is 2.36. The van der Waals surface area contributed by atoms with Crippen molar-refractivity contribution < 1.29 is 0 Å². The summed E-state index contributed by atoms with van der Waals surface area (Å²) in [6.07, 6.45) is 2.04. The van der Waals surface area contributed by atoms with Crippen LogP contribution >= 0.6 is 11.6 Å². The fraction of sp³-hybridized carbons (Fsp3) is 0.273. The summed E-state index contributed by atoms with van der Waals surface area (Å²) in [4.78, 5) is 0. The Kier molecular flexibility index (Phi) is 2.38. The van der Waals surface area contributed by atoms with E-state index in [9.17, 15) is 0 Å². The Labute approximate surface area is 88.8 Å². The largest absolute Gasteiger partial charge is 0.386 e. The Morgan fingerprint density at radius 1 is 1.50 bits per heavy atom. The molecular formula is C11H13ClN2. The molecular weight excluding hydrogens is 196 g/mol. The molecule has 0 aliphatic carbocycles. The van der Waals surface area contributed by atoms with Crippen LogP contribution in [-0.4, -0.2) is 6.54 Å². The first kappa shape index (κ1) is 9.41. The van der Waals surface area contributed by atoms with Crippen molar-refractivity contribution in [2.24, 2.45) is 5.73 Å². The van der Waals surface area contributed by atoms with E-state index in [-0.39, 0.29) is 0 Å². The van der Waals surface area contributed by atoms with Gasteiger partial charge in [0.2, 0.25) is 0 Å². The molecule has 3 heteroatoms. The molecule has 0 amide bonds. The predicted octanol–water partition coefficient (Wildman–Crippen LogP) is 2.14. The van der Waals surface area contributed by atoms with Gasteiger partial charge in [0.15, 0.2) is 0 Å². The number of benzene rings is 1. The maximum Gasteiger partial charge on any atom is 0.0926 e. The van der Waals surface area contributed by atoms with Gasteiger partial charge in [0.1, 0.15) is 0 Å². The predicted molar refractivity (Wildman–Crippen MR) is 59.2 cm³/mol. The number of hydrogen-bond acceptors (Lipinski definition) is 2. The van der Waals surface area contributed by atoms with Gasteiger partial charge in [-0.05, 0) is 36.3 Å². The van der Waals surface area contributed by atoms with Crippen LogP contribution in [0.4, 0.5) is 0 Å². The molecule has 14 heavy (non-hydrogen) atoms. The number of hydrogen-bond donors (Lipinski definition) is 2. The molecule has 0 saturated heterocycles. The molecule has 74 valence electrons. The SMILES string of the molecule is Cc1ccc(Cl)cc1C1C=C(N)NC1. The summed E-state index contributed by atoms with van der Waals surface area (Å²) >= 11 is 5.96. The van der Waals surface area contributed by atoms with Crippen LogP contribution in [0, 0.1) is 6.92 Å². The standard InChI is InChI=1S/C11H13ClN2/c1-7-2-3-9(12)5-10(7)8-4-11(13)14-6-8/h2-5,8,14H,6,13H2,1H3. The summed E-state index contributed by atoms with van der Waals surface area (Å²) < 4.78 is 0. The second-order valence-electron chi connectivity index (χ2n) is 3.61. The Hall–Kier alpha value is -1.15. The van der Waals surface area contributed by atoms with Crippen molar-refractivity contribution in [2.45, 2.75) is 12.8 Å². The molecule has 1 heterocycles. The van der Waals surface area contributed by atoms with E-state index in [1.54, 1.807) is 0 Å². The smallest absolute Gasteiger partial charge is 0.0926 e. The van der Waals surface area contributed by atoms with Crippen LogP contribution in [0.2, 0.25) is 5.02 Å². The lowest BCUT2D eigenvalue weighted by Crippen LogP contribution is -2.16. The monoisotopic (exact) mass is 208 g/mol. The van der Waals surface area contributed by atoms with E-state index in [0.717, 1.165) is 17.4 Å². The van der Waals surface area contributed by atoms with E-state index in [1.165, 1.54) is 11.1 Å². The van der Waals surface area contributed by atoms with E-state index in [0.29, 0.717) is 5.92 Å². The van der Waals surface area contributed by atoms with E-state index in [1.807, 2.05) is 24.3 Å². The minimum atomic E-state index is 0.355. The minimum absolute atomic E-state index is 0.355. The zero-order valence-electron chi connectivity index (χ0n) is 8.05. The summed E-state index contributed by atoms with van der Waals surface area (Å²) in [7, 11) is 0. The van der Waals surface area contributed by atoms with Crippen molar-refractivity contribution in [2.75, 3.05) is 6.54 Å². The zero-order valence-corrected chi connectivity index (χ0v) is 8.81. The van der Waals surface area contributed by atoms with E-state index >= 15 is 0 Å². The molecule has 3 N–H and O–H groups in total. The Bertz CT molecular complexity index is 385. The van der Waals surface area contributed by atoms with Gasteiger partial charge in [-0.25, -0.2) is 0 Å². The molecule has 1 aliphatic heterocycles. The van der Waals surface area contributed by atoms with Gasteiger partial charge in [0.25, 0.3) is 0 Å². The maximum absolute atomic E-state index is 5.96. The van der Waals surface area contributed by atoms with Crippen molar-refractivity contribution in [1.29, 1.82) is 0 Å². The van der Waals surface area contributed by atoms with Gasteiger partial charge in [-0.15, -0.1) is 0 Å². The molecule has 0 aromatic heterocycles. The second kappa shape index (κ2) is 3.54. The second-order valence-corrected chi connectivity index (χ2v) is 4.05. The Morgan fingerprint density at radius 3 is 2.93 bits per heavy atom. The lowest BCUT2D eigenvalue weighted by atomic mass is 9.96. The van der Waals surface area contributed by atoms with Crippen molar-refractivity contribution in [1.82, 2.24) is 5.32 Å². The van der Waals surface area contributed by atoms with Crippen LogP contribution < -0.4 is 11.1 Å². The molecule has 0 bridgehead atoms. The van der Waals surface area contributed by atoms with Crippen LogP contribution in [0.5, 0.6) is 0 Å². The average Bonchev–Trinajstić information content (AvgIpc) is 2.56. The van der Waals surface area contributed by atoms with Gasteiger partial charge in [-0.3, -0.25) is 0 Å². The first-order valence-corrected chi connectivity index (χ1v) is 5.02. The molecule has 0 radical (unpaired) electrons. The molecule has 1 aromatic carbocycles. The van der Waals surface area contributed by atoms with Crippen LogP contribution in [0.25, 0.3) is 0 Å². The fourth-order valence-electron chi connectivity index (χ4n) is 1.77. The number of rotatable bonds is 1. The van der Waals surface area contributed by atoms with Crippen LogP contribution in [0.1, 0.15) is 17.0 Å². The molecule has 0 spiro atoms. The van der Waals surface area contributed by atoms with E-state index in [2.05, 4.69) is 12.2 Å². The molecule has 2 rings (SSSR count). The van der Waals surface area contributed by atoms with Crippen molar-refractivity contribution in [3.63, 3.8) is 0 Å². The number of aryl methyl sites for hydroxylation is 1. The van der Waals surface area contributed by atoms with Gasteiger partial charge in [0, 0.05) is 17.5 Å². The van der Waals surface area contributed by atoms with E-state index < -0.39 is 0 Å². The van der Waals surface area contributed by atoms with Crippen LogP contribution in [0.3, 0.4) is 0 Å². The van der Waals surface area contributed by atoms with E-state index in [4.69, 9.17) is 17.3 Å². The zero-order chi connectivity index (χ0) is 10.1. The molecule has 1 unspecified atom stereocenters. The summed E-state index contributed by atoms with van der Waals surface area (Å²) in [5.41, 5.74) is 8.18. The first-order valence-electron chi connectivity index (χ1n) is 4.64. The average molecular weight is 209 g/mol. The van der Waals surface area contributed by atoms with Crippen LogP contribution in [-0.2, 0) is 0 Å². The number of halogens is 1. The first-order chi connectivity index (χ1) is 6.66. The quantitative estimate of drug-likeness (QED) is 0.742. The third kappa shape index (κ3) is 1.70. The van der Waals surface area contributed by atoms with Crippen LogP contribution in [0.15, 0.2) is 30.1 Å². The topological polar surface area (TPSA) is 38.0 Å².